The summed E-state index contributed by atoms with van der Waals surface area (Å²) in [4.78, 5) is 0. The van der Waals surface area contributed by atoms with E-state index in [1.807, 2.05) is 0 Å². The number of hydrogen-bond donors (Lipinski definition) is 6. The topological polar surface area (TPSA) is 105 Å². The third-order valence-electron chi connectivity index (χ3n) is 1.43. The molecule has 80 valence electrons. The molecule has 0 radical (unpaired) electrons. The normalized spacial score (nSPS) is 15.7. The SMILES string of the molecule is OCC(O)CNCNCC(O)CO. The smallest absolute Gasteiger partial charge is 0.0895 e. The third kappa shape index (κ3) is 8.10. The van der Waals surface area contributed by atoms with Gasteiger partial charge in [0, 0.05) is 19.8 Å². The summed E-state index contributed by atoms with van der Waals surface area (Å²) in [6.45, 7) is 0.449. The van der Waals surface area contributed by atoms with E-state index in [0.717, 1.165) is 0 Å². The largest absolute Gasteiger partial charge is 0.394 e. The van der Waals surface area contributed by atoms with Gasteiger partial charge in [-0.25, -0.2) is 0 Å². The molecule has 0 saturated heterocycles. The van der Waals surface area contributed by atoms with Crippen LogP contribution in [-0.2, 0) is 0 Å². The molecule has 0 aromatic rings. The van der Waals surface area contributed by atoms with Crippen LogP contribution in [0.2, 0.25) is 0 Å². The van der Waals surface area contributed by atoms with E-state index in [9.17, 15) is 0 Å². The maximum absolute atomic E-state index is 8.88. The maximum Gasteiger partial charge on any atom is 0.0895 e. The van der Waals surface area contributed by atoms with Crippen molar-refractivity contribution in [2.45, 2.75) is 12.2 Å². The molecule has 0 aliphatic carbocycles. The van der Waals surface area contributed by atoms with E-state index in [2.05, 4.69) is 10.6 Å². The van der Waals surface area contributed by atoms with Crippen LogP contribution in [0.3, 0.4) is 0 Å². The van der Waals surface area contributed by atoms with Gasteiger partial charge in [0.25, 0.3) is 0 Å². The fraction of sp³-hybridized carbons (Fsp3) is 1.00. The Morgan fingerprint density at radius 2 is 1.23 bits per heavy atom. The Balaban J connectivity index is 3.08. The molecular formula is C7H18N2O4. The van der Waals surface area contributed by atoms with E-state index < -0.39 is 12.2 Å². The first kappa shape index (κ1) is 12.8. The number of hydrogen-bond acceptors (Lipinski definition) is 6. The van der Waals surface area contributed by atoms with Crippen LogP contribution in [0.15, 0.2) is 0 Å². The number of nitrogens with one attached hydrogen (secondary N) is 2. The quantitative estimate of drug-likeness (QED) is 0.180. The minimum absolute atomic E-state index is 0.272. The Hall–Kier alpha value is -0.240. The maximum atomic E-state index is 8.88. The highest BCUT2D eigenvalue weighted by Gasteiger charge is 2.01. The second-order valence-corrected chi connectivity index (χ2v) is 2.76. The van der Waals surface area contributed by atoms with E-state index in [1.54, 1.807) is 0 Å². The Kier molecular flexibility index (Phi) is 8.21. The molecule has 6 heteroatoms. The molecule has 0 spiro atoms. The van der Waals surface area contributed by atoms with Gasteiger partial charge in [0.15, 0.2) is 0 Å². The molecule has 0 heterocycles. The molecule has 0 rings (SSSR count). The second kappa shape index (κ2) is 8.36. The lowest BCUT2D eigenvalue weighted by molar-refractivity contribution is 0.0878. The van der Waals surface area contributed by atoms with Crippen molar-refractivity contribution in [3.63, 3.8) is 0 Å². The number of rotatable bonds is 8. The van der Waals surface area contributed by atoms with Crippen LogP contribution in [0.25, 0.3) is 0 Å². The van der Waals surface area contributed by atoms with Gasteiger partial charge < -0.3 is 31.1 Å². The lowest BCUT2D eigenvalue weighted by Gasteiger charge is -2.11. The van der Waals surface area contributed by atoms with Crippen LogP contribution in [0.5, 0.6) is 0 Å². The molecule has 0 aliphatic heterocycles. The van der Waals surface area contributed by atoms with Crippen LogP contribution in [-0.4, -0.2) is 65.6 Å². The summed E-state index contributed by atoms with van der Waals surface area (Å²) in [5.41, 5.74) is 0. The molecule has 0 amide bonds. The van der Waals surface area contributed by atoms with Gasteiger partial charge in [-0.1, -0.05) is 0 Å². The molecule has 2 atom stereocenters. The Morgan fingerprint density at radius 3 is 1.54 bits per heavy atom. The first-order valence-corrected chi connectivity index (χ1v) is 4.20. The molecule has 0 aromatic heterocycles. The van der Waals surface area contributed by atoms with Gasteiger partial charge in [0.05, 0.1) is 25.4 Å². The van der Waals surface area contributed by atoms with Crippen molar-refractivity contribution in [3.05, 3.63) is 0 Å². The first-order valence-electron chi connectivity index (χ1n) is 4.20. The molecule has 0 aliphatic rings. The summed E-state index contributed by atoms with van der Waals surface area (Å²) < 4.78 is 0. The fourth-order valence-corrected chi connectivity index (χ4v) is 0.695. The van der Waals surface area contributed by atoms with Crippen LogP contribution in [0, 0.1) is 0 Å². The average molecular weight is 194 g/mol. The van der Waals surface area contributed by atoms with E-state index >= 15 is 0 Å². The van der Waals surface area contributed by atoms with Gasteiger partial charge in [-0.15, -0.1) is 0 Å². The van der Waals surface area contributed by atoms with Gasteiger partial charge in [-0.05, 0) is 0 Å². The molecule has 6 N–H and O–H groups in total. The molecule has 0 bridgehead atoms. The number of aliphatic hydroxyl groups is 4. The standard InChI is InChI=1S/C7H18N2O4/c10-3-6(12)1-8-5-9-2-7(13)4-11/h6-13H,1-5H2. The second-order valence-electron chi connectivity index (χ2n) is 2.76. The van der Waals surface area contributed by atoms with Gasteiger partial charge in [-0.3, -0.25) is 0 Å². The third-order valence-corrected chi connectivity index (χ3v) is 1.43. The zero-order valence-corrected chi connectivity index (χ0v) is 7.48. The van der Waals surface area contributed by atoms with Crippen molar-refractivity contribution < 1.29 is 20.4 Å². The van der Waals surface area contributed by atoms with Crippen molar-refractivity contribution in [2.24, 2.45) is 0 Å². The molecule has 13 heavy (non-hydrogen) atoms. The van der Waals surface area contributed by atoms with Crippen LogP contribution >= 0.6 is 0 Å². The van der Waals surface area contributed by atoms with Gasteiger partial charge in [-0.2, -0.15) is 0 Å². The summed E-state index contributed by atoms with van der Waals surface area (Å²) in [5.74, 6) is 0. The minimum atomic E-state index is -0.760. The highest BCUT2D eigenvalue weighted by molar-refractivity contribution is 4.59. The zero-order valence-electron chi connectivity index (χ0n) is 7.48. The average Bonchev–Trinajstić information content (AvgIpc) is 2.16. The lowest BCUT2D eigenvalue weighted by Crippen LogP contribution is -2.39. The summed E-state index contributed by atoms with van der Waals surface area (Å²) >= 11 is 0. The predicted molar refractivity (Wildman–Crippen MR) is 47.1 cm³/mol. The van der Waals surface area contributed by atoms with Gasteiger partial charge in [0.1, 0.15) is 0 Å². The zero-order chi connectivity index (χ0) is 10.1. The molecule has 0 aromatic carbocycles. The highest BCUT2D eigenvalue weighted by atomic mass is 16.3. The van der Waals surface area contributed by atoms with Crippen molar-refractivity contribution in [1.82, 2.24) is 10.6 Å². The highest BCUT2D eigenvalue weighted by Crippen LogP contribution is 1.76. The minimum Gasteiger partial charge on any atom is -0.394 e. The summed E-state index contributed by atoms with van der Waals surface area (Å²) in [5, 5.41) is 40.2. The lowest BCUT2D eigenvalue weighted by atomic mass is 10.4. The van der Waals surface area contributed by atoms with E-state index in [-0.39, 0.29) is 13.2 Å². The van der Waals surface area contributed by atoms with E-state index in [4.69, 9.17) is 20.4 Å². The van der Waals surface area contributed by atoms with Crippen LogP contribution in [0.1, 0.15) is 0 Å². The first-order chi connectivity index (χ1) is 6.20. The summed E-state index contributed by atoms with van der Waals surface area (Å²) in [6, 6.07) is 0. The predicted octanol–water partition coefficient (Wildman–Crippen LogP) is -3.17. The van der Waals surface area contributed by atoms with Crippen LogP contribution < -0.4 is 10.6 Å². The Labute approximate surface area is 77.2 Å². The van der Waals surface area contributed by atoms with E-state index in [1.165, 1.54) is 0 Å². The van der Waals surface area contributed by atoms with Gasteiger partial charge in [0.2, 0.25) is 0 Å². The number of aliphatic hydroxyl groups excluding tert-OH is 4. The molecule has 6 nitrogen and oxygen atoms in total. The Morgan fingerprint density at radius 1 is 0.846 bits per heavy atom. The van der Waals surface area contributed by atoms with Gasteiger partial charge >= 0.3 is 0 Å². The fourth-order valence-electron chi connectivity index (χ4n) is 0.695. The van der Waals surface area contributed by atoms with E-state index in [0.29, 0.717) is 19.8 Å². The monoisotopic (exact) mass is 194 g/mol. The van der Waals surface area contributed by atoms with Crippen molar-refractivity contribution in [1.29, 1.82) is 0 Å². The summed E-state index contributed by atoms with van der Waals surface area (Å²) in [7, 11) is 0. The molecular weight excluding hydrogens is 176 g/mol. The van der Waals surface area contributed by atoms with Crippen molar-refractivity contribution >= 4 is 0 Å². The van der Waals surface area contributed by atoms with Crippen molar-refractivity contribution in [2.75, 3.05) is 33.0 Å². The molecule has 0 fully saturated rings. The molecule has 2 unspecified atom stereocenters. The summed E-state index contributed by atoms with van der Waals surface area (Å²) in [6.07, 6.45) is -1.52. The van der Waals surface area contributed by atoms with Crippen LogP contribution in [0.4, 0.5) is 0 Å². The molecule has 0 saturated carbocycles. The Bertz CT molecular complexity index is 103. The van der Waals surface area contributed by atoms with Crippen molar-refractivity contribution in [3.8, 4) is 0 Å².